The van der Waals surface area contributed by atoms with Crippen molar-refractivity contribution in [2.75, 3.05) is 0 Å². The van der Waals surface area contributed by atoms with Gasteiger partial charge in [0.1, 0.15) is 12.2 Å². The molecule has 0 saturated heterocycles. The van der Waals surface area contributed by atoms with Crippen molar-refractivity contribution < 1.29 is 29.0 Å². The number of esters is 2. The number of ether oxygens (including phenoxy) is 2. The summed E-state index contributed by atoms with van der Waals surface area (Å²) in [5.41, 5.74) is 0.363. The van der Waals surface area contributed by atoms with Gasteiger partial charge >= 0.3 is 17.9 Å². The number of rotatable bonds is 6. The van der Waals surface area contributed by atoms with Crippen LogP contribution < -0.4 is 0 Å². The first kappa shape index (κ1) is 25.5. The summed E-state index contributed by atoms with van der Waals surface area (Å²) in [6, 6.07) is 0. The van der Waals surface area contributed by atoms with E-state index in [1.54, 1.807) is 0 Å². The number of carboxylic acid groups (broad SMARTS) is 1. The molecule has 34 heavy (non-hydrogen) atoms. The topological polar surface area (TPSA) is 89.9 Å². The zero-order chi connectivity index (χ0) is 24.8. The molecule has 6 nitrogen and oxygen atoms in total. The van der Waals surface area contributed by atoms with Crippen LogP contribution in [-0.2, 0) is 23.9 Å². The fourth-order valence-electron chi connectivity index (χ4n) is 9.36. The quantitative estimate of drug-likeness (QED) is 0.501. The fraction of sp³-hybridized carbons (Fsp3) is 0.893. The Morgan fingerprint density at radius 3 is 2.21 bits per heavy atom. The number of hydrogen-bond donors (Lipinski definition) is 1. The number of carboxylic acids is 1. The summed E-state index contributed by atoms with van der Waals surface area (Å²) >= 11 is 0. The summed E-state index contributed by atoms with van der Waals surface area (Å²) in [6.45, 7) is 10.2. The smallest absolute Gasteiger partial charge is 0.303 e. The van der Waals surface area contributed by atoms with Gasteiger partial charge in [-0.15, -0.1) is 0 Å². The number of fused-ring (bicyclic) bond motifs is 5. The van der Waals surface area contributed by atoms with Crippen LogP contribution in [0.4, 0.5) is 0 Å². The maximum absolute atomic E-state index is 12.2. The van der Waals surface area contributed by atoms with E-state index in [2.05, 4.69) is 20.8 Å². The summed E-state index contributed by atoms with van der Waals surface area (Å²) in [6.07, 6.45) is 9.20. The molecule has 0 radical (unpaired) electrons. The van der Waals surface area contributed by atoms with Crippen LogP contribution in [0.25, 0.3) is 0 Å². The van der Waals surface area contributed by atoms with Gasteiger partial charge in [0.25, 0.3) is 0 Å². The molecule has 0 spiro atoms. The molecule has 0 aliphatic heterocycles. The molecule has 0 aromatic carbocycles. The second-order valence-electron chi connectivity index (χ2n) is 12.5. The monoisotopic (exact) mass is 476 g/mol. The molecule has 4 aliphatic carbocycles. The van der Waals surface area contributed by atoms with Gasteiger partial charge in [-0.25, -0.2) is 0 Å². The van der Waals surface area contributed by atoms with Crippen molar-refractivity contribution in [3.63, 3.8) is 0 Å². The second kappa shape index (κ2) is 9.46. The van der Waals surface area contributed by atoms with Gasteiger partial charge in [0, 0.05) is 26.2 Å². The first-order valence-electron chi connectivity index (χ1n) is 13.5. The molecule has 6 heteroatoms. The predicted molar refractivity (Wildman–Crippen MR) is 128 cm³/mol. The maximum atomic E-state index is 12.2. The molecule has 0 heterocycles. The lowest BCUT2D eigenvalue weighted by Gasteiger charge is -2.62. The Morgan fingerprint density at radius 1 is 0.912 bits per heavy atom. The van der Waals surface area contributed by atoms with Crippen molar-refractivity contribution in [3.05, 3.63) is 0 Å². The minimum Gasteiger partial charge on any atom is -0.481 e. The molecule has 0 bridgehead atoms. The molecule has 4 fully saturated rings. The second-order valence-corrected chi connectivity index (χ2v) is 12.5. The van der Waals surface area contributed by atoms with Crippen molar-refractivity contribution in [2.24, 2.45) is 46.3 Å². The number of aliphatic carboxylic acids is 1. The SMILES string of the molecule is CC(=O)O[C@@H]1CC[C@@]2(C)[C@H](C1)C[C@@H](OC(C)=O)[C@@H]1[C@@H]2CC[C@]2(C)[C@@H]([C@H](C)CCC(=O)O)CC[C@@H]12. The summed E-state index contributed by atoms with van der Waals surface area (Å²) in [7, 11) is 0. The minimum atomic E-state index is -0.708. The van der Waals surface area contributed by atoms with Crippen LogP contribution in [0.2, 0.25) is 0 Å². The third-order valence-electron chi connectivity index (χ3n) is 10.8. The summed E-state index contributed by atoms with van der Waals surface area (Å²) < 4.78 is 11.7. The molecule has 192 valence electrons. The molecular weight excluding hydrogens is 432 g/mol. The highest BCUT2D eigenvalue weighted by molar-refractivity contribution is 5.67. The Labute approximate surface area is 204 Å². The minimum absolute atomic E-state index is 0.0232. The molecule has 4 aliphatic rings. The van der Waals surface area contributed by atoms with Crippen molar-refractivity contribution in [2.45, 2.75) is 111 Å². The number of carbonyl (C=O) groups excluding carboxylic acids is 2. The molecule has 4 saturated carbocycles. The Kier molecular flexibility index (Phi) is 7.10. The highest BCUT2D eigenvalue weighted by atomic mass is 16.5. The first-order chi connectivity index (χ1) is 16.0. The molecular formula is C28H44O6. The molecule has 0 unspecified atom stereocenters. The van der Waals surface area contributed by atoms with Crippen molar-refractivity contribution >= 4 is 17.9 Å². The van der Waals surface area contributed by atoms with Crippen LogP contribution in [0.5, 0.6) is 0 Å². The Morgan fingerprint density at radius 2 is 1.56 bits per heavy atom. The van der Waals surface area contributed by atoms with E-state index in [1.165, 1.54) is 20.3 Å². The molecule has 4 rings (SSSR count). The Hall–Kier alpha value is -1.59. The van der Waals surface area contributed by atoms with Crippen molar-refractivity contribution in [1.29, 1.82) is 0 Å². The zero-order valence-corrected chi connectivity index (χ0v) is 21.7. The lowest BCUT2D eigenvalue weighted by atomic mass is 9.43. The van der Waals surface area contributed by atoms with E-state index in [0.29, 0.717) is 35.5 Å². The molecule has 0 aromatic rings. The zero-order valence-electron chi connectivity index (χ0n) is 21.7. The van der Waals surface area contributed by atoms with Crippen LogP contribution in [0.3, 0.4) is 0 Å². The molecule has 1 N–H and O–H groups in total. The predicted octanol–water partition coefficient (Wildman–Crippen LogP) is 5.62. The van der Waals surface area contributed by atoms with Gasteiger partial charge in [-0.2, -0.15) is 0 Å². The van der Waals surface area contributed by atoms with Gasteiger partial charge in [-0.1, -0.05) is 20.8 Å². The lowest BCUT2D eigenvalue weighted by Crippen LogP contribution is -2.59. The van der Waals surface area contributed by atoms with E-state index in [9.17, 15) is 19.5 Å². The highest BCUT2D eigenvalue weighted by Gasteiger charge is 2.63. The van der Waals surface area contributed by atoms with E-state index in [1.807, 2.05) is 0 Å². The normalized spacial score (nSPS) is 44.2. The lowest BCUT2D eigenvalue weighted by molar-refractivity contribution is -0.197. The van der Waals surface area contributed by atoms with Crippen molar-refractivity contribution in [3.8, 4) is 0 Å². The standard InChI is InChI=1S/C28H44O6/c1-16(6-9-25(31)32)21-7-8-22-26-23(11-13-28(21,22)5)27(4)12-10-20(33-17(2)29)14-19(27)15-24(26)34-18(3)30/h16,19-24,26H,6-15H2,1-5H3,(H,31,32)/t16-,19-,20-,21-,22+,23+,24-,26+,27+,28-/m1/s1. The average molecular weight is 477 g/mol. The maximum Gasteiger partial charge on any atom is 0.303 e. The summed E-state index contributed by atoms with van der Waals surface area (Å²) in [5.74, 6) is 1.59. The van der Waals surface area contributed by atoms with Gasteiger partial charge in [-0.05, 0) is 98.2 Å². The van der Waals surface area contributed by atoms with E-state index < -0.39 is 5.97 Å². The summed E-state index contributed by atoms with van der Waals surface area (Å²) in [5, 5.41) is 9.20. The van der Waals surface area contributed by atoms with E-state index in [-0.39, 0.29) is 41.4 Å². The van der Waals surface area contributed by atoms with Crippen LogP contribution in [0.1, 0.15) is 98.8 Å². The van der Waals surface area contributed by atoms with Crippen LogP contribution in [0, 0.1) is 46.3 Å². The number of carbonyl (C=O) groups is 3. The molecule has 10 atom stereocenters. The van der Waals surface area contributed by atoms with Crippen LogP contribution in [0.15, 0.2) is 0 Å². The largest absolute Gasteiger partial charge is 0.481 e. The first-order valence-corrected chi connectivity index (χ1v) is 13.5. The van der Waals surface area contributed by atoms with Crippen molar-refractivity contribution in [1.82, 2.24) is 0 Å². The third-order valence-corrected chi connectivity index (χ3v) is 10.8. The van der Waals surface area contributed by atoms with Gasteiger partial charge in [0.15, 0.2) is 0 Å². The van der Waals surface area contributed by atoms with Crippen LogP contribution >= 0.6 is 0 Å². The average Bonchev–Trinajstić information content (AvgIpc) is 3.09. The Bertz CT molecular complexity index is 809. The number of hydrogen-bond acceptors (Lipinski definition) is 5. The van der Waals surface area contributed by atoms with E-state index in [4.69, 9.17) is 9.47 Å². The summed E-state index contributed by atoms with van der Waals surface area (Å²) in [4.78, 5) is 35.0. The highest BCUT2D eigenvalue weighted by Crippen LogP contribution is 2.68. The third kappa shape index (κ3) is 4.51. The van der Waals surface area contributed by atoms with Gasteiger partial charge in [0.05, 0.1) is 0 Å². The molecule has 0 aromatic heterocycles. The van der Waals surface area contributed by atoms with Gasteiger partial charge < -0.3 is 14.6 Å². The Balaban J connectivity index is 1.59. The van der Waals surface area contributed by atoms with Gasteiger partial charge in [-0.3, -0.25) is 14.4 Å². The molecule has 0 amide bonds. The fourth-order valence-corrected chi connectivity index (χ4v) is 9.36. The van der Waals surface area contributed by atoms with E-state index in [0.717, 1.165) is 51.4 Å². The van der Waals surface area contributed by atoms with Gasteiger partial charge in [0.2, 0.25) is 0 Å². The van der Waals surface area contributed by atoms with Crippen LogP contribution in [-0.4, -0.2) is 35.2 Å². The van der Waals surface area contributed by atoms with E-state index >= 15 is 0 Å².